The molecule has 154 valence electrons. The van der Waals surface area contributed by atoms with Gasteiger partial charge >= 0.3 is 0 Å². The van der Waals surface area contributed by atoms with Gasteiger partial charge in [-0.3, -0.25) is 9.69 Å². The van der Waals surface area contributed by atoms with Crippen molar-refractivity contribution in [2.24, 2.45) is 0 Å². The fraction of sp³-hybridized carbons (Fsp3) is 0.435. The van der Waals surface area contributed by atoms with E-state index < -0.39 is 5.54 Å². The fourth-order valence-electron chi connectivity index (χ4n) is 4.74. The molecule has 0 aromatic heterocycles. The van der Waals surface area contributed by atoms with Gasteiger partial charge in [-0.15, -0.1) is 0 Å². The molecule has 6 heteroatoms. The summed E-state index contributed by atoms with van der Waals surface area (Å²) >= 11 is 6.06. The second kappa shape index (κ2) is 8.05. The average Bonchev–Trinajstić information content (AvgIpc) is 3.13. The van der Waals surface area contributed by atoms with Crippen molar-refractivity contribution in [3.63, 3.8) is 0 Å². The summed E-state index contributed by atoms with van der Waals surface area (Å²) in [6.45, 7) is 5.37. The van der Waals surface area contributed by atoms with Crippen LogP contribution < -0.4 is 5.32 Å². The monoisotopic (exact) mass is 415 g/mol. The number of halogens is 2. The van der Waals surface area contributed by atoms with Crippen molar-refractivity contribution < 1.29 is 9.18 Å². The average molecular weight is 416 g/mol. The van der Waals surface area contributed by atoms with Gasteiger partial charge in [-0.1, -0.05) is 35.9 Å². The molecular formula is C23H27ClFN3O. The molecule has 1 N–H and O–H groups in total. The van der Waals surface area contributed by atoms with Crippen LogP contribution in [0.15, 0.2) is 42.5 Å². The molecule has 29 heavy (non-hydrogen) atoms. The molecule has 1 fully saturated rings. The highest BCUT2D eigenvalue weighted by molar-refractivity contribution is 6.30. The van der Waals surface area contributed by atoms with Gasteiger partial charge in [-0.25, -0.2) is 4.39 Å². The molecule has 1 amide bonds. The van der Waals surface area contributed by atoms with Gasteiger partial charge in [0.2, 0.25) is 5.91 Å². The molecule has 4 rings (SSSR count). The number of carbonyl (C=O) groups is 1. The molecule has 0 unspecified atom stereocenters. The van der Waals surface area contributed by atoms with Crippen LogP contribution in [0.3, 0.4) is 0 Å². The minimum Gasteiger partial charge on any atom is -0.337 e. The maximum Gasteiger partial charge on any atom is 0.244 e. The Balaban J connectivity index is 1.66. The molecule has 0 radical (unpaired) electrons. The summed E-state index contributed by atoms with van der Waals surface area (Å²) in [7, 11) is 1.82. The number of nitrogens with one attached hydrogen (secondary N) is 1. The van der Waals surface area contributed by atoms with Gasteiger partial charge in [-0.05, 0) is 41.8 Å². The standard InChI is InChI=1S/C23H27ClFN3O/c1-16(19-11-20(24)13-21(25)12-19)27(2)22(29)23(28-9-7-26-8-10-28)14-17-5-3-4-6-18(17)15-23/h3-6,11-13,16,26H,7-10,14-15H2,1-2H3/t16-/m0/s1. The molecule has 0 saturated carbocycles. The van der Waals surface area contributed by atoms with Crippen molar-refractivity contribution >= 4 is 17.5 Å². The quantitative estimate of drug-likeness (QED) is 0.830. The highest BCUT2D eigenvalue weighted by Crippen LogP contribution is 2.38. The summed E-state index contributed by atoms with van der Waals surface area (Å²) in [6.07, 6.45) is 1.42. The van der Waals surface area contributed by atoms with E-state index >= 15 is 0 Å². The van der Waals surface area contributed by atoms with Gasteiger partial charge in [0.05, 0.1) is 6.04 Å². The van der Waals surface area contributed by atoms with E-state index in [-0.39, 0.29) is 17.8 Å². The first-order chi connectivity index (χ1) is 13.9. The number of likely N-dealkylation sites (N-methyl/N-ethyl adjacent to an activating group) is 1. The van der Waals surface area contributed by atoms with E-state index in [0.29, 0.717) is 23.4 Å². The Hall–Kier alpha value is -1.95. The highest BCUT2D eigenvalue weighted by atomic mass is 35.5. The van der Waals surface area contributed by atoms with E-state index in [4.69, 9.17) is 11.6 Å². The molecule has 1 heterocycles. The van der Waals surface area contributed by atoms with E-state index in [0.717, 1.165) is 26.2 Å². The van der Waals surface area contributed by atoms with Crippen LogP contribution in [0.5, 0.6) is 0 Å². The number of piperazine rings is 1. The third-order valence-electron chi connectivity index (χ3n) is 6.47. The van der Waals surface area contributed by atoms with Gasteiger partial charge < -0.3 is 10.2 Å². The molecular weight excluding hydrogens is 389 g/mol. The Labute approximate surface area is 176 Å². The third-order valence-corrected chi connectivity index (χ3v) is 6.69. The molecule has 1 saturated heterocycles. The number of benzene rings is 2. The number of fused-ring (bicyclic) bond motifs is 1. The Bertz CT molecular complexity index is 867. The number of nitrogens with zero attached hydrogens (tertiary/aromatic N) is 2. The van der Waals surface area contributed by atoms with E-state index in [9.17, 15) is 9.18 Å². The van der Waals surface area contributed by atoms with Crippen LogP contribution in [0.4, 0.5) is 4.39 Å². The van der Waals surface area contributed by atoms with Gasteiger partial charge in [0.1, 0.15) is 11.4 Å². The molecule has 2 aromatic carbocycles. The van der Waals surface area contributed by atoms with Gasteiger partial charge in [-0.2, -0.15) is 0 Å². The topological polar surface area (TPSA) is 35.6 Å². The maximum absolute atomic E-state index is 14.0. The molecule has 1 aliphatic heterocycles. The number of hydrogen-bond donors (Lipinski definition) is 1. The zero-order valence-electron chi connectivity index (χ0n) is 16.9. The molecule has 2 aromatic rings. The molecule has 1 atom stereocenters. The van der Waals surface area contributed by atoms with Crippen LogP contribution >= 0.6 is 11.6 Å². The molecule has 1 aliphatic carbocycles. The normalized spacial score (nSPS) is 19.6. The second-order valence-corrected chi connectivity index (χ2v) is 8.62. The van der Waals surface area contributed by atoms with Crippen molar-refractivity contribution in [2.45, 2.75) is 31.3 Å². The second-order valence-electron chi connectivity index (χ2n) is 8.19. The molecule has 4 nitrogen and oxygen atoms in total. The maximum atomic E-state index is 14.0. The van der Waals surface area contributed by atoms with Gasteiger partial charge in [0, 0.05) is 51.1 Å². The lowest BCUT2D eigenvalue weighted by Gasteiger charge is -2.45. The summed E-state index contributed by atoms with van der Waals surface area (Å²) in [4.78, 5) is 18.1. The summed E-state index contributed by atoms with van der Waals surface area (Å²) in [5, 5.41) is 3.73. The lowest BCUT2D eigenvalue weighted by molar-refractivity contribution is -0.145. The van der Waals surface area contributed by atoms with Crippen LogP contribution in [-0.2, 0) is 17.6 Å². The first-order valence-corrected chi connectivity index (χ1v) is 10.5. The summed E-state index contributed by atoms with van der Waals surface area (Å²) in [5.74, 6) is -0.297. The van der Waals surface area contributed by atoms with Gasteiger partial charge in [0.15, 0.2) is 0 Å². The Morgan fingerprint density at radius 3 is 2.38 bits per heavy atom. The first kappa shape index (κ1) is 20.3. The zero-order chi connectivity index (χ0) is 20.6. The smallest absolute Gasteiger partial charge is 0.244 e. The van der Waals surface area contributed by atoms with E-state index in [1.807, 2.05) is 26.1 Å². The molecule has 0 bridgehead atoms. The number of carbonyl (C=O) groups excluding carboxylic acids is 1. The van der Waals surface area contributed by atoms with Crippen LogP contribution in [0, 0.1) is 5.82 Å². The Kier molecular flexibility index (Phi) is 5.65. The first-order valence-electron chi connectivity index (χ1n) is 10.2. The number of rotatable bonds is 4. The summed E-state index contributed by atoms with van der Waals surface area (Å²) in [6, 6.07) is 12.5. The van der Waals surface area contributed by atoms with Crippen molar-refractivity contribution in [3.05, 3.63) is 70.0 Å². The zero-order valence-corrected chi connectivity index (χ0v) is 17.7. The minimum absolute atomic E-state index is 0.0866. The lowest BCUT2D eigenvalue weighted by atomic mass is 9.89. The van der Waals surface area contributed by atoms with Crippen LogP contribution in [-0.4, -0.2) is 54.5 Å². The van der Waals surface area contributed by atoms with Crippen LogP contribution in [0.25, 0.3) is 0 Å². The third kappa shape index (κ3) is 3.79. The van der Waals surface area contributed by atoms with Crippen LogP contribution in [0.2, 0.25) is 5.02 Å². The Morgan fingerprint density at radius 1 is 1.17 bits per heavy atom. The van der Waals surface area contributed by atoms with E-state index in [1.165, 1.54) is 23.3 Å². The lowest BCUT2D eigenvalue weighted by Crippen LogP contribution is -2.64. The van der Waals surface area contributed by atoms with Crippen molar-refractivity contribution in [2.75, 3.05) is 33.2 Å². The highest BCUT2D eigenvalue weighted by Gasteiger charge is 2.50. The van der Waals surface area contributed by atoms with Crippen LogP contribution in [0.1, 0.15) is 29.7 Å². The van der Waals surface area contributed by atoms with Crippen molar-refractivity contribution in [3.8, 4) is 0 Å². The minimum atomic E-state index is -0.591. The largest absolute Gasteiger partial charge is 0.337 e. The number of hydrogen-bond acceptors (Lipinski definition) is 3. The summed E-state index contributed by atoms with van der Waals surface area (Å²) < 4.78 is 13.9. The predicted molar refractivity (Wildman–Crippen MR) is 114 cm³/mol. The van der Waals surface area contributed by atoms with Crippen molar-refractivity contribution in [1.82, 2.24) is 15.1 Å². The van der Waals surface area contributed by atoms with Gasteiger partial charge in [0.25, 0.3) is 0 Å². The molecule has 0 spiro atoms. The van der Waals surface area contributed by atoms with E-state index in [2.05, 4.69) is 22.3 Å². The summed E-state index contributed by atoms with van der Waals surface area (Å²) in [5.41, 5.74) is 2.60. The predicted octanol–water partition coefficient (Wildman–Crippen LogP) is 3.44. The number of amides is 1. The van der Waals surface area contributed by atoms with E-state index in [1.54, 1.807) is 11.0 Å². The fourth-order valence-corrected chi connectivity index (χ4v) is 4.97. The SMILES string of the molecule is C[C@@H](c1cc(F)cc(Cl)c1)N(C)C(=O)C1(N2CCNCC2)Cc2ccccc2C1. The molecule has 2 aliphatic rings. The Morgan fingerprint density at radius 2 is 1.79 bits per heavy atom. The van der Waals surface area contributed by atoms with Crippen molar-refractivity contribution in [1.29, 1.82) is 0 Å².